The van der Waals surface area contributed by atoms with Gasteiger partial charge in [0.15, 0.2) is 5.15 Å². The Bertz CT molecular complexity index is 1880. The number of anilines is 1. The number of aromatic nitrogens is 4. The summed E-state index contributed by atoms with van der Waals surface area (Å²) in [6.45, 7) is 3.38. The lowest BCUT2D eigenvalue weighted by Crippen LogP contribution is -2.34. The van der Waals surface area contributed by atoms with Crippen molar-refractivity contribution in [2.75, 3.05) is 25.8 Å². The summed E-state index contributed by atoms with van der Waals surface area (Å²) in [6.07, 6.45) is 3.30. The second-order valence-electron chi connectivity index (χ2n) is 10.2. The predicted octanol–water partition coefficient (Wildman–Crippen LogP) is 6.08. The molecule has 0 spiro atoms. The van der Waals surface area contributed by atoms with Gasteiger partial charge in [-0.15, -0.1) is 5.10 Å². The van der Waals surface area contributed by atoms with Gasteiger partial charge in [0.2, 0.25) is 5.91 Å². The van der Waals surface area contributed by atoms with E-state index in [1.165, 1.54) is 34.8 Å². The number of carbonyl (C=O) groups is 1. The monoisotopic (exact) mass is 635 g/mol. The molecule has 0 fully saturated rings. The molecule has 2 heterocycles. The summed E-state index contributed by atoms with van der Waals surface area (Å²) >= 11 is 12.4. The topological polar surface area (TPSA) is 108 Å². The Morgan fingerprint density at radius 2 is 1.70 bits per heavy atom. The van der Waals surface area contributed by atoms with Crippen LogP contribution in [-0.2, 0) is 15.8 Å². The summed E-state index contributed by atoms with van der Waals surface area (Å²) in [6, 6.07) is 21.9. The number of amides is 1. The Balaban J connectivity index is 1.57. The smallest absolute Gasteiger partial charge is 0.252 e. The van der Waals surface area contributed by atoms with Crippen molar-refractivity contribution in [2.45, 2.75) is 12.5 Å². The minimum absolute atomic E-state index is 0.200. The standard InChI is InChI=1S/C31H28Cl2N5O4P/c1-42-28-18-37(30(39)17-25(28)24-16-21(32)9-14-26(24)38-19-29(33)35-36-38)27(15-20-7-5-4-6-8-20)31(40)34-22-10-12-23(13-11-22)43(2,3)41/h4-14,16-19,27H,15H2,1-3H3,(H,34,40)/t27-/m0/s1. The van der Waals surface area contributed by atoms with Crippen LogP contribution in [0.3, 0.4) is 0 Å². The van der Waals surface area contributed by atoms with Crippen molar-refractivity contribution >= 4 is 47.2 Å². The van der Waals surface area contributed by atoms with Crippen LogP contribution < -0.4 is 20.9 Å². The van der Waals surface area contributed by atoms with Crippen molar-refractivity contribution in [3.63, 3.8) is 0 Å². The molecule has 0 aliphatic rings. The third-order valence-corrected chi connectivity index (χ3v) is 8.84. The molecule has 3 aromatic carbocycles. The van der Waals surface area contributed by atoms with Gasteiger partial charge in [-0.1, -0.05) is 58.7 Å². The number of nitrogens with one attached hydrogen (secondary N) is 1. The molecule has 9 nitrogen and oxygen atoms in total. The van der Waals surface area contributed by atoms with Crippen LogP contribution in [0.1, 0.15) is 11.6 Å². The summed E-state index contributed by atoms with van der Waals surface area (Å²) in [7, 11) is -0.968. The molecule has 0 bridgehead atoms. The third-order valence-electron chi connectivity index (χ3n) is 6.89. The number of halogens is 2. The lowest BCUT2D eigenvalue weighted by Gasteiger charge is -2.22. The number of hydrogen-bond donors (Lipinski definition) is 1. The van der Waals surface area contributed by atoms with Gasteiger partial charge in [0, 0.05) is 39.6 Å². The fourth-order valence-corrected chi connectivity index (χ4v) is 5.88. The van der Waals surface area contributed by atoms with E-state index in [-0.39, 0.29) is 11.6 Å². The van der Waals surface area contributed by atoms with Crippen LogP contribution in [0.5, 0.6) is 5.75 Å². The zero-order valence-electron chi connectivity index (χ0n) is 23.6. The lowest BCUT2D eigenvalue weighted by atomic mass is 10.0. The van der Waals surface area contributed by atoms with E-state index in [0.717, 1.165) is 5.56 Å². The molecule has 1 atom stereocenters. The van der Waals surface area contributed by atoms with Gasteiger partial charge in [-0.3, -0.25) is 14.2 Å². The first-order chi connectivity index (χ1) is 20.5. The van der Waals surface area contributed by atoms with Gasteiger partial charge in [0.25, 0.3) is 5.56 Å². The quantitative estimate of drug-likeness (QED) is 0.197. The molecule has 5 rings (SSSR count). The van der Waals surface area contributed by atoms with E-state index in [2.05, 4.69) is 15.6 Å². The first-order valence-corrected chi connectivity index (χ1v) is 16.6. The fourth-order valence-electron chi connectivity index (χ4n) is 4.71. The van der Waals surface area contributed by atoms with E-state index in [1.807, 2.05) is 30.3 Å². The Kier molecular flexibility index (Phi) is 8.87. The second-order valence-corrected chi connectivity index (χ2v) is 14.3. The number of pyridine rings is 1. The predicted molar refractivity (Wildman–Crippen MR) is 171 cm³/mol. The number of benzene rings is 3. The normalized spacial score (nSPS) is 12.1. The molecule has 0 saturated heterocycles. The summed E-state index contributed by atoms with van der Waals surface area (Å²) in [5.41, 5.74) is 2.54. The Morgan fingerprint density at radius 3 is 2.33 bits per heavy atom. The van der Waals surface area contributed by atoms with E-state index in [4.69, 9.17) is 27.9 Å². The van der Waals surface area contributed by atoms with Crippen LogP contribution in [-0.4, -0.2) is 45.9 Å². The highest BCUT2D eigenvalue weighted by atomic mass is 35.5. The molecular formula is C31H28Cl2N5O4P. The molecule has 220 valence electrons. The van der Waals surface area contributed by atoms with Crippen LogP contribution in [0.25, 0.3) is 16.8 Å². The maximum atomic E-state index is 13.8. The van der Waals surface area contributed by atoms with Gasteiger partial charge in [-0.05, 0) is 61.4 Å². The van der Waals surface area contributed by atoms with E-state index < -0.39 is 24.7 Å². The molecule has 1 N–H and O–H groups in total. The van der Waals surface area contributed by atoms with Gasteiger partial charge in [-0.25, -0.2) is 4.68 Å². The third kappa shape index (κ3) is 6.91. The Labute approximate surface area is 258 Å². The van der Waals surface area contributed by atoms with Crippen LogP contribution >= 0.6 is 30.3 Å². The largest absolute Gasteiger partial charge is 0.495 e. The van der Waals surface area contributed by atoms with E-state index in [1.54, 1.807) is 55.8 Å². The minimum atomic E-state index is -2.45. The van der Waals surface area contributed by atoms with E-state index >= 15 is 0 Å². The summed E-state index contributed by atoms with van der Waals surface area (Å²) in [5.74, 6) is -0.0587. The maximum Gasteiger partial charge on any atom is 0.252 e. The molecule has 1 amide bonds. The number of rotatable bonds is 9. The Morgan fingerprint density at radius 1 is 0.977 bits per heavy atom. The number of methoxy groups -OCH3 is 1. The SMILES string of the molecule is COc1cn([C@@H](Cc2ccccc2)C(=O)Nc2ccc(P(C)(C)=O)cc2)c(=O)cc1-c1cc(Cl)ccc1-n1cc(Cl)nn1. The van der Waals surface area contributed by atoms with Crippen LogP contribution in [0.2, 0.25) is 10.2 Å². The first-order valence-electron chi connectivity index (χ1n) is 13.2. The van der Waals surface area contributed by atoms with Gasteiger partial charge in [0.05, 0.1) is 25.2 Å². The summed E-state index contributed by atoms with van der Waals surface area (Å²) in [4.78, 5) is 27.5. The molecule has 2 aromatic heterocycles. The highest BCUT2D eigenvalue weighted by molar-refractivity contribution is 7.70. The number of carbonyl (C=O) groups excluding carboxylic acids is 1. The molecular weight excluding hydrogens is 608 g/mol. The molecule has 0 saturated carbocycles. The van der Waals surface area contributed by atoms with Crippen LogP contribution in [0.4, 0.5) is 5.69 Å². The average Bonchev–Trinajstić information content (AvgIpc) is 3.42. The van der Waals surface area contributed by atoms with E-state index in [0.29, 0.717) is 38.6 Å². The summed E-state index contributed by atoms with van der Waals surface area (Å²) in [5, 5.41) is 12.2. The average molecular weight is 636 g/mol. The summed E-state index contributed by atoms with van der Waals surface area (Å²) < 4.78 is 21.0. The maximum absolute atomic E-state index is 13.8. The van der Waals surface area contributed by atoms with Gasteiger partial charge >= 0.3 is 0 Å². The highest BCUT2D eigenvalue weighted by Crippen LogP contribution is 2.36. The molecule has 5 aromatic rings. The second kappa shape index (κ2) is 12.6. The zero-order valence-corrected chi connectivity index (χ0v) is 26.0. The van der Waals surface area contributed by atoms with Crippen molar-refractivity contribution in [2.24, 2.45) is 0 Å². The minimum Gasteiger partial charge on any atom is -0.495 e. The molecule has 0 unspecified atom stereocenters. The molecule has 0 aliphatic carbocycles. The lowest BCUT2D eigenvalue weighted by molar-refractivity contribution is -0.119. The molecule has 43 heavy (non-hydrogen) atoms. The Hall–Kier alpha value is -4.17. The first kappa shape index (κ1) is 30.3. The molecule has 0 aliphatic heterocycles. The van der Waals surface area contributed by atoms with Crippen LogP contribution in [0, 0.1) is 0 Å². The highest BCUT2D eigenvalue weighted by Gasteiger charge is 2.25. The van der Waals surface area contributed by atoms with Gasteiger partial charge in [0.1, 0.15) is 18.9 Å². The van der Waals surface area contributed by atoms with Crippen molar-refractivity contribution in [1.29, 1.82) is 0 Å². The van der Waals surface area contributed by atoms with Crippen molar-refractivity contribution in [3.05, 3.63) is 117 Å². The number of nitrogens with zero attached hydrogens (tertiary/aromatic N) is 4. The fraction of sp³-hybridized carbons (Fsp3) is 0.161. The van der Waals surface area contributed by atoms with Crippen LogP contribution in [0.15, 0.2) is 96.1 Å². The van der Waals surface area contributed by atoms with Crippen molar-refractivity contribution < 1.29 is 14.1 Å². The van der Waals surface area contributed by atoms with Gasteiger partial charge < -0.3 is 14.6 Å². The molecule has 12 heteroatoms. The molecule has 0 radical (unpaired) electrons. The van der Waals surface area contributed by atoms with Gasteiger partial charge in [-0.2, -0.15) is 0 Å². The van der Waals surface area contributed by atoms with Crippen molar-refractivity contribution in [3.8, 4) is 22.6 Å². The van der Waals surface area contributed by atoms with Crippen molar-refractivity contribution in [1.82, 2.24) is 19.6 Å². The number of hydrogen-bond acceptors (Lipinski definition) is 6. The van der Waals surface area contributed by atoms with E-state index in [9.17, 15) is 14.2 Å². The number of ether oxygens (including phenoxy) is 1. The zero-order chi connectivity index (χ0) is 30.7.